The van der Waals surface area contributed by atoms with Crippen molar-refractivity contribution < 1.29 is 4.74 Å². The first kappa shape index (κ1) is 14.2. The van der Waals surface area contributed by atoms with Crippen LogP contribution in [0.15, 0.2) is 24.3 Å². The van der Waals surface area contributed by atoms with Crippen molar-refractivity contribution in [2.24, 2.45) is 5.41 Å². The zero-order valence-electron chi connectivity index (χ0n) is 12.2. The minimum absolute atomic E-state index is 0.539. The Hall–Kier alpha value is -1.22. The minimum Gasteiger partial charge on any atom is -0.494 e. The van der Waals surface area contributed by atoms with Crippen LogP contribution >= 0.6 is 0 Å². The number of hydrogen-bond acceptors (Lipinski definition) is 3. The van der Waals surface area contributed by atoms with Crippen LogP contribution in [0, 0.1) is 5.41 Å². The van der Waals surface area contributed by atoms with Crippen LogP contribution in [-0.2, 0) is 0 Å². The van der Waals surface area contributed by atoms with Gasteiger partial charge in [-0.05, 0) is 62.0 Å². The number of piperidine rings is 1. The molecule has 0 radical (unpaired) electrons. The fourth-order valence-electron chi connectivity index (χ4n) is 2.42. The summed E-state index contributed by atoms with van der Waals surface area (Å²) in [5.41, 5.74) is 6.96. The lowest BCUT2D eigenvalue weighted by molar-refractivity contribution is 0.126. The van der Waals surface area contributed by atoms with Crippen molar-refractivity contribution >= 4 is 5.69 Å². The maximum atomic E-state index is 5.71. The van der Waals surface area contributed by atoms with Crippen LogP contribution in [-0.4, -0.2) is 31.1 Å². The molecule has 3 heteroatoms. The van der Waals surface area contributed by atoms with Gasteiger partial charge in [0.1, 0.15) is 5.75 Å². The lowest BCUT2D eigenvalue weighted by atomic mass is 9.83. The van der Waals surface area contributed by atoms with Gasteiger partial charge < -0.3 is 15.4 Å². The normalized spacial score (nSPS) is 19.3. The van der Waals surface area contributed by atoms with E-state index in [0.717, 1.165) is 31.0 Å². The maximum Gasteiger partial charge on any atom is 0.119 e. The molecular weight excluding hydrogens is 236 g/mol. The second kappa shape index (κ2) is 6.29. The second-order valence-electron chi connectivity index (χ2n) is 6.28. The molecule has 0 amide bonds. The summed E-state index contributed by atoms with van der Waals surface area (Å²) in [7, 11) is 0. The zero-order chi connectivity index (χ0) is 13.7. The minimum atomic E-state index is 0.539. The molecule has 1 heterocycles. The Balaban J connectivity index is 1.61. The fraction of sp³-hybridized carbons (Fsp3) is 0.625. The van der Waals surface area contributed by atoms with E-state index in [1.54, 1.807) is 0 Å². The molecule has 0 spiro atoms. The van der Waals surface area contributed by atoms with Gasteiger partial charge in [-0.15, -0.1) is 0 Å². The summed E-state index contributed by atoms with van der Waals surface area (Å²) < 4.78 is 5.71. The van der Waals surface area contributed by atoms with Crippen molar-refractivity contribution in [2.45, 2.75) is 33.1 Å². The summed E-state index contributed by atoms with van der Waals surface area (Å²) in [6.07, 6.45) is 3.71. The van der Waals surface area contributed by atoms with E-state index in [4.69, 9.17) is 10.5 Å². The van der Waals surface area contributed by atoms with Gasteiger partial charge in [-0.3, -0.25) is 0 Å². The van der Waals surface area contributed by atoms with Crippen molar-refractivity contribution in [3.05, 3.63) is 24.3 Å². The Labute approximate surface area is 116 Å². The molecule has 1 aromatic carbocycles. The van der Waals surface area contributed by atoms with Crippen LogP contribution in [0.5, 0.6) is 5.75 Å². The summed E-state index contributed by atoms with van der Waals surface area (Å²) >= 11 is 0. The van der Waals surface area contributed by atoms with Gasteiger partial charge in [-0.25, -0.2) is 0 Å². The van der Waals surface area contributed by atoms with Gasteiger partial charge in [0.15, 0.2) is 0 Å². The molecule has 2 rings (SSSR count). The van der Waals surface area contributed by atoms with Crippen LogP contribution in [0.4, 0.5) is 5.69 Å². The molecule has 1 aliphatic rings. The number of rotatable bonds is 5. The van der Waals surface area contributed by atoms with Gasteiger partial charge >= 0.3 is 0 Å². The van der Waals surface area contributed by atoms with Crippen molar-refractivity contribution in [3.8, 4) is 5.75 Å². The fourth-order valence-corrected chi connectivity index (χ4v) is 2.42. The number of anilines is 1. The van der Waals surface area contributed by atoms with Crippen molar-refractivity contribution in [2.75, 3.05) is 32.0 Å². The Kier molecular flexibility index (Phi) is 4.70. The molecule has 1 aliphatic heterocycles. The number of nitrogen functional groups attached to an aromatic ring is 1. The Morgan fingerprint density at radius 3 is 2.42 bits per heavy atom. The molecule has 1 aromatic rings. The van der Waals surface area contributed by atoms with Gasteiger partial charge in [0.2, 0.25) is 0 Å². The summed E-state index contributed by atoms with van der Waals surface area (Å²) in [6.45, 7) is 9.13. The van der Waals surface area contributed by atoms with Crippen molar-refractivity contribution in [1.29, 1.82) is 0 Å². The third-order valence-electron chi connectivity index (χ3n) is 3.98. The van der Waals surface area contributed by atoms with E-state index < -0.39 is 0 Å². The molecule has 3 nitrogen and oxygen atoms in total. The van der Waals surface area contributed by atoms with E-state index in [2.05, 4.69) is 18.7 Å². The van der Waals surface area contributed by atoms with Gasteiger partial charge in [-0.2, -0.15) is 0 Å². The highest BCUT2D eigenvalue weighted by molar-refractivity contribution is 5.41. The Morgan fingerprint density at radius 1 is 1.16 bits per heavy atom. The first-order valence-electron chi connectivity index (χ1n) is 7.26. The van der Waals surface area contributed by atoms with Crippen molar-refractivity contribution in [3.63, 3.8) is 0 Å². The van der Waals surface area contributed by atoms with E-state index in [9.17, 15) is 0 Å². The van der Waals surface area contributed by atoms with E-state index >= 15 is 0 Å². The highest BCUT2D eigenvalue weighted by atomic mass is 16.5. The topological polar surface area (TPSA) is 38.5 Å². The standard InChI is InChI=1S/C16H26N2O/c1-16(2)8-11-18(12-9-16)10-3-13-19-15-6-4-14(17)5-7-15/h4-7H,3,8-13,17H2,1-2H3. The predicted molar refractivity (Wildman–Crippen MR) is 80.4 cm³/mol. The molecule has 0 aliphatic carbocycles. The summed E-state index contributed by atoms with van der Waals surface area (Å²) in [6, 6.07) is 7.61. The van der Waals surface area contributed by atoms with Gasteiger partial charge in [-0.1, -0.05) is 13.8 Å². The van der Waals surface area contributed by atoms with E-state index in [0.29, 0.717) is 5.41 Å². The predicted octanol–water partition coefficient (Wildman–Crippen LogP) is 3.16. The van der Waals surface area contributed by atoms with E-state index in [1.165, 1.54) is 25.9 Å². The molecule has 1 saturated heterocycles. The molecule has 0 atom stereocenters. The molecule has 0 aromatic heterocycles. The molecule has 0 saturated carbocycles. The van der Waals surface area contributed by atoms with Gasteiger partial charge in [0.05, 0.1) is 6.61 Å². The SMILES string of the molecule is CC1(C)CCN(CCCOc2ccc(N)cc2)CC1. The monoisotopic (exact) mass is 262 g/mol. The first-order chi connectivity index (χ1) is 9.05. The molecule has 1 fully saturated rings. The highest BCUT2D eigenvalue weighted by Crippen LogP contribution is 2.29. The third kappa shape index (κ3) is 4.75. The number of benzene rings is 1. The first-order valence-corrected chi connectivity index (χ1v) is 7.26. The third-order valence-corrected chi connectivity index (χ3v) is 3.98. The second-order valence-corrected chi connectivity index (χ2v) is 6.28. The molecule has 19 heavy (non-hydrogen) atoms. The van der Waals surface area contributed by atoms with Crippen molar-refractivity contribution in [1.82, 2.24) is 4.90 Å². The number of hydrogen-bond donors (Lipinski definition) is 1. The Morgan fingerprint density at radius 2 is 1.79 bits per heavy atom. The lowest BCUT2D eigenvalue weighted by Crippen LogP contribution is -2.38. The van der Waals surface area contributed by atoms with Crippen LogP contribution in [0.2, 0.25) is 0 Å². The molecule has 0 bridgehead atoms. The molecule has 0 unspecified atom stereocenters. The molecule has 2 N–H and O–H groups in total. The van der Waals surface area contributed by atoms with Crippen LogP contribution in [0.1, 0.15) is 33.1 Å². The lowest BCUT2D eigenvalue weighted by Gasteiger charge is -2.36. The summed E-state index contributed by atoms with van der Waals surface area (Å²) in [5, 5.41) is 0. The molecule has 106 valence electrons. The van der Waals surface area contributed by atoms with Gasteiger partial charge in [0.25, 0.3) is 0 Å². The highest BCUT2D eigenvalue weighted by Gasteiger charge is 2.24. The van der Waals surface area contributed by atoms with Crippen LogP contribution in [0.3, 0.4) is 0 Å². The summed E-state index contributed by atoms with van der Waals surface area (Å²) in [4.78, 5) is 2.55. The smallest absolute Gasteiger partial charge is 0.119 e. The molecular formula is C16H26N2O. The average molecular weight is 262 g/mol. The average Bonchev–Trinajstić information content (AvgIpc) is 2.38. The van der Waals surface area contributed by atoms with E-state index in [-0.39, 0.29) is 0 Å². The maximum absolute atomic E-state index is 5.71. The largest absolute Gasteiger partial charge is 0.494 e. The number of ether oxygens (including phenoxy) is 1. The van der Waals surface area contributed by atoms with Gasteiger partial charge in [0, 0.05) is 12.2 Å². The quantitative estimate of drug-likeness (QED) is 0.654. The number of nitrogens with zero attached hydrogens (tertiary/aromatic N) is 1. The van der Waals surface area contributed by atoms with Crippen LogP contribution in [0.25, 0.3) is 0 Å². The zero-order valence-corrected chi connectivity index (χ0v) is 12.2. The van der Waals surface area contributed by atoms with E-state index in [1.807, 2.05) is 24.3 Å². The number of nitrogens with two attached hydrogens (primary N) is 1. The summed E-state index contributed by atoms with van der Waals surface area (Å²) in [5.74, 6) is 0.911. The van der Waals surface area contributed by atoms with Crippen LogP contribution < -0.4 is 10.5 Å². The Bertz CT molecular complexity index is 376. The number of likely N-dealkylation sites (tertiary alicyclic amines) is 1.